The lowest BCUT2D eigenvalue weighted by atomic mass is 9.89. The van der Waals surface area contributed by atoms with Gasteiger partial charge in [-0.3, -0.25) is 0 Å². The quantitative estimate of drug-likeness (QED) is 0.407. The molecular weight excluding hydrogens is 493 g/mol. The van der Waals surface area contributed by atoms with Crippen LogP contribution in [0.2, 0.25) is 5.02 Å². The van der Waals surface area contributed by atoms with E-state index in [9.17, 15) is 23.1 Å². The van der Waals surface area contributed by atoms with Gasteiger partial charge in [-0.2, -0.15) is 0 Å². The maximum atomic E-state index is 14.4. The largest absolute Gasteiger partial charge is 0.478 e. The summed E-state index contributed by atoms with van der Waals surface area (Å²) < 4.78 is 32.9. The summed E-state index contributed by atoms with van der Waals surface area (Å²) in [5.74, 6) is -1.91. The topological polar surface area (TPSA) is 37.3 Å². The molecule has 0 aliphatic carbocycles. The molecule has 1 aromatic carbocycles. The molecule has 12 heteroatoms. The predicted octanol–water partition coefficient (Wildman–Crippen LogP) is 7.66. The van der Waals surface area contributed by atoms with Gasteiger partial charge < -0.3 is 5.11 Å². The second-order valence-electron chi connectivity index (χ2n) is 4.84. The van der Waals surface area contributed by atoms with Gasteiger partial charge >= 0.3 is 5.97 Å². The molecule has 1 aromatic rings. The Hall–Kier alpha value is 0.510. The zero-order valence-corrected chi connectivity index (χ0v) is 17.3. The highest BCUT2D eigenvalue weighted by molar-refractivity contribution is 6.51. The summed E-state index contributed by atoms with van der Waals surface area (Å²) in [6.07, 6.45) is 0.0249. The minimum absolute atomic E-state index is 0.197. The van der Waals surface area contributed by atoms with Crippen LogP contribution in [-0.2, 0) is 20.2 Å². The third kappa shape index (κ3) is 5.07. The molecule has 0 unspecified atom stereocenters. The van der Waals surface area contributed by atoms with Crippen molar-refractivity contribution in [3.8, 4) is 0 Å². The fraction of sp³-hybridized carbons (Fsp3) is 0.462. The summed E-state index contributed by atoms with van der Waals surface area (Å²) >= 11 is 38.3. The molecule has 0 fully saturated rings. The fourth-order valence-electron chi connectivity index (χ4n) is 2.36. The van der Waals surface area contributed by atoms with E-state index in [1.165, 1.54) is 0 Å². The van der Waals surface area contributed by atoms with Gasteiger partial charge in [0.15, 0.2) is 0 Å². The van der Waals surface area contributed by atoms with Crippen molar-refractivity contribution in [3.05, 3.63) is 32.8 Å². The van der Waals surface area contributed by atoms with Crippen LogP contribution in [-0.4, -0.2) is 11.1 Å². The van der Waals surface area contributed by atoms with Crippen molar-refractivity contribution in [2.75, 3.05) is 0 Å². The van der Waals surface area contributed by atoms with E-state index >= 15 is 0 Å². The van der Waals surface area contributed by atoms with E-state index in [0.29, 0.717) is 0 Å². The van der Waals surface area contributed by atoms with Gasteiger partial charge in [-0.05, 0) is 12.0 Å². The Morgan fingerprint density at radius 2 is 1.32 bits per heavy atom. The highest BCUT2D eigenvalue weighted by Crippen LogP contribution is 2.54. The molecule has 0 spiro atoms. The summed E-state index contributed by atoms with van der Waals surface area (Å²) in [6, 6.07) is 0. The number of rotatable bonds is 6. The lowest BCUT2D eigenvalue weighted by Gasteiger charge is -2.29. The fourth-order valence-corrected chi connectivity index (χ4v) is 4.09. The smallest absolute Gasteiger partial charge is 0.337 e. The number of benzene rings is 1. The highest BCUT2D eigenvalue weighted by atomic mass is 35.5. The van der Waals surface area contributed by atoms with Crippen LogP contribution in [0.15, 0.2) is 0 Å². The monoisotopic (exact) mass is 498 g/mol. The first-order chi connectivity index (χ1) is 11.0. The standard InChI is InChI=1S/C13H8Cl7F3O2/c1-2-3-4-6(11(15,16)21)8(13(19,20)23)5(10(24)25)9(14)7(4)12(17,18)22/h2-3H2,1H3,(H,24,25). The van der Waals surface area contributed by atoms with Crippen molar-refractivity contribution in [3.63, 3.8) is 0 Å². The van der Waals surface area contributed by atoms with Crippen molar-refractivity contribution in [2.24, 2.45) is 0 Å². The average Bonchev–Trinajstić information content (AvgIpc) is 2.33. The Balaban J connectivity index is 4.33. The van der Waals surface area contributed by atoms with Crippen LogP contribution in [0.25, 0.3) is 0 Å². The van der Waals surface area contributed by atoms with E-state index in [-0.39, 0.29) is 12.8 Å². The zero-order valence-electron chi connectivity index (χ0n) is 12.0. The molecule has 0 saturated heterocycles. The van der Waals surface area contributed by atoms with E-state index in [1.54, 1.807) is 6.92 Å². The third-order valence-electron chi connectivity index (χ3n) is 3.11. The maximum absolute atomic E-state index is 14.4. The number of carbonyl (C=O) groups is 1. The van der Waals surface area contributed by atoms with Gasteiger partial charge in [0.2, 0.25) is 0 Å². The number of halogens is 10. The second-order valence-corrected chi connectivity index (χ2v) is 8.92. The number of hydrogen-bond acceptors (Lipinski definition) is 1. The van der Waals surface area contributed by atoms with Gasteiger partial charge in [0.05, 0.1) is 10.6 Å². The lowest BCUT2D eigenvalue weighted by Crippen LogP contribution is -2.25. The molecule has 0 aliphatic rings. The molecule has 2 nitrogen and oxygen atoms in total. The van der Waals surface area contributed by atoms with Crippen LogP contribution < -0.4 is 0 Å². The van der Waals surface area contributed by atoms with Crippen molar-refractivity contribution >= 4 is 87.2 Å². The van der Waals surface area contributed by atoms with E-state index in [0.717, 1.165) is 0 Å². The van der Waals surface area contributed by atoms with Crippen molar-refractivity contribution in [1.29, 1.82) is 0 Å². The molecule has 0 atom stereocenters. The van der Waals surface area contributed by atoms with E-state index < -0.39 is 52.6 Å². The van der Waals surface area contributed by atoms with Crippen LogP contribution in [0, 0.1) is 0 Å². The molecule has 0 aromatic heterocycles. The van der Waals surface area contributed by atoms with E-state index in [2.05, 4.69) is 0 Å². The number of hydrogen-bond donors (Lipinski definition) is 1. The molecule has 1 rings (SSSR count). The summed E-state index contributed by atoms with van der Waals surface area (Å²) in [5.41, 5.74) is -4.66. The van der Waals surface area contributed by atoms with Crippen LogP contribution in [0.1, 0.15) is 46.0 Å². The van der Waals surface area contributed by atoms with Gasteiger partial charge in [0.1, 0.15) is 0 Å². The third-order valence-corrected chi connectivity index (χ3v) is 4.62. The Morgan fingerprint density at radius 1 is 0.920 bits per heavy atom. The lowest BCUT2D eigenvalue weighted by molar-refractivity contribution is 0.0693. The molecule has 0 aliphatic heterocycles. The first-order valence-corrected chi connectivity index (χ1v) is 9.02. The first kappa shape index (κ1) is 23.5. The number of carboxylic acid groups (broad SMARTS) is 1. The normalized spacial score (nSPS) is 13.2. The SMILES string of the molecule is CCCc1c(C(F)(Cl)Cl)c(Cl)c(C(=O)O)c(C(F)(Cl)Cl)c1C(F)(Cl)Cl. The Labute approximate surface area is 176 Å². The predicted molar refractivity (Wildman–Crippen MR) is 95.9 cm³/mol. The van der Waals surface area contributed by atoms with E-state index in [1.807, 2.05) is 0 Å². The Kier molecular flexibility index (Phi) is 7.41. The maximum Gasteiger partial charge on any atom is 0.337 e. The van der Waals surface area contributed by atoms with Crippen molar-refractivity contribution in [2.45, 2.75) is 33.5 Å². The number of alkyl halides is 9. The van der Waals surface area contributed by atoms with Crippen molar-refractivity contribution in [1.82, 2.24) is 0 Å². The van der Waals surface area contributed by atoms with Crippen LogP contribution in [0.3, 0.4) is 0 Å². The molecule has 0 bridgehead atoms. The zero-order chi connectivity index (χ0) is 20.0. The van der Waals surface area contributed by atoms with Crippen molar-refractivity contribution < 1.29 is 23.1 Å². The minimum Gasteiger partial charge on any atom is -0.478 e. The van der Waals surface area contributed by atoms with Gasteiger partial charge in [-0.15, -0.1) is 0 Å². The first-order valence-electron chi connectivity index (χ1n) is 6.38. The molecule has 0 radical (unpaired) electrons. The summed E-state index contributed by atoms with van der Waals surface area (Å²) in [5, 5.41) is 8.41. The van der Waals surface area contributed by atoms with Gasteiger partial charge in [0, 0.05) is 16.7 Å². The van der Waals surface area contributed by atoms with Gasteiger partial charge in [0.25, 0.3) is 13.8 Å². The molecule has 0 saturated carbocycles. The second kappa shape index (κ2) is 7.86. The summed E-state index contributed by atoms with van der Waals surface area (Å²) in [7, 11) is 0. The molecule has 0 heterocycles. The number of aromatic carboxylic acids is 1. The molecule has 142 valence electrons. The molecule has 1 N–H and O–H groups in total. The van der Waals surface area contributed by atoms with Gasteiger partial charge in [-0.1, -0.05) is 94.6 Å². The minimum atomic E-state index is -3.48. The highest BCUT2D eigenvalue weighted by Gasteiger charge is 2.47. The number of carboxylic acids is 1. The van der Waals surface area contributed by atoms with Gasteiger partial charge in [-0.25, -0.2) is 18.0 Å². The Bertz CT molecular complexity index is 691. The van der Waals surface area contributed by atoms with Crippen LogP contribution >= 0.6 is 81.2 Å². The molecule has 0 amide bonds. The van der Waals surface area contributed by atoms with Crippen LogP contribution in [0.5, 0.6) is 0 Å². The van der Waals surface area contributed by atoms with Crippen LogP contribution in [0.4, 0.5) is 13.2 Å². The summed E-state index contributed by atoms with van der Waals surface area (Å²) in [4.78, 5) is 11.5. The average molecular weight is 501 g/mol. The Morgan fingerprint density at radius 3 is 1.60 bits per heavy atom. The van der Waals surface area contributed by atoms with E-state index in [4.69, 9.17) is 81.2 Å². The molecule has 25 heavy (non-hydrogen) atoms. The summed E-state index contributed by atoms with van der Waals surface area (Å²) in [6.45, 7) is 1.58. The molecular formula is C13H8Cl7F3O2.